The van der Waals surface area contributed by atoms with Crippen molar-refractivity contribution < 1.29 is 4.39 Å². The van der Waals surface area contributed by atoms with E-state index in [2.05, 4.69) is 27.6 Å². The molecule has 0 unspecified atom stereocenters. The molecule has 0 amide bonds. The summed E-state index contributed by atoms with van der Waals surface area (Å²) in [7, 11) is 1.91. The van der Waals surface area contributed by atoms with Crippen molar-refractivity contribution in [2.45, 2.75) is 26.3 Å². The molecule has 0 aliphatic carbocycles. The quantitative estimate of drug-likeness (QED) is 0.328. The number of aromatic nitrogens is 5. The molecule has 4 heterocycles. The third kappa shape index (κ3) is 4.15. The van der Waals surface area contributed by atoms with E-state index in [4.69, 9.17) is 9.97 Å². The summed E-state index contributed by atoms with van der Waals surface area (Å²) in [6, 6.07) is 12.7. The summed E-state index contributed by atoms with van der Waals surface area (Å²) in [6.07, 6.45) is 7.93. The molecule has 0 bridgehead atoms. The molecule has 1 aliphatic heterocycles. The number of piperidine rings is 1. The van der Waals surface area contributed by atoms with Crippen LogP contribution in [0.2, 0.25) is 0 Å². The molecular weight excluding hydrogens is 465 g/mol. The molecule has 2 aromatic carbocycles. The molecule has 8 heteroatoms. The molecule has 0 spiro atoms. The van der Waals surface area contributed by atoms with Gasteiger partial charge in [0.1, 0.15) is 17.4 Å². The number of pyridine rings is 1. The summed E-state index contributed by atoms with van der Waals surface area (Å²) < 4.78 is 18.8. The second-order valence-corrected chi connectivity index (χ2v) is 9.84. The number of hydrogen-bond donors (Lipinski definition) is 0. The van der Waals surface area contributed by atoms with Gasteiger partial charge >= 0.3 is 0 Å². The monoisotopic (exact) mass is 493 g/mol. The first kappa shape index (κ1) is 23.3. The highest BCUT2D eigenvalue weighted by atomic mass is 19.1. The topological polar surface area (TPSA) is 75.6 Å². The highest BCUT2D eigenvalue weighted by Gasteiger charge is 2.22. The Labute approximate surface area is 214 Å². The molecule has 1 saturated heterocycles. The van der Waals surface area contributed by atoms with Crippen LogP contribution in [0.4, 0.5) is 4.39 Å². The van der Waals surface area contributed by atoms with E-state index in [0.717, 1.165) is 77.8 Å². The van der Waals surface area contributed by atoms with Gasteiger partial charge in [0, 0.05) is 30.1 Å². The summed E-state index contributed by atoms with van der Waals surface area (Å²) in [5.74, 6) is 0.0384. The molecule has 37 heavy (non-hydrogen) atoms. The maximum absolute atomic E-state index is 14.8. The van der Waals surface area contributed by atoms with Crippen molar-refractivity contribution >= 4 is 21.9 Å². The lowest BCUT2D eigenvalue weighted by molar-refractivity contribution is 0.182. The number of halogens is 1. The average molecular weight is 494 g/mol. The molecule has 3 aromatic heterocycles. The van der Waals surface area contributed by atoms with Gasteiger partial charge in [-0.05, 0) is 68.2 Å². The van der Waals surface area contributed by atoms with Gasteiger partial charge in [-0.25, -0.2) is 9.37 Å². The first-order valence-corrected chi connectivity index (χ1v) is 12.7. The Morgan fingerprint density at radius 2 is 1.84 bits per heavy atom. The molecule has 0 atom stereocenters. The number of imidazole rings is 1. The van der Waals surface area contributed by atoms with Crippen molar-refractivity contribution in [1.82, 2.24) is 29.2 Å². The predicted molar refractivity (Wildman–Crippen MR) is 142 cm³/mol. The van der Waals surface area contributed by atoms with E-state index in [-0.39, 0.29) is 5.56 Å². The van der Waals surface area contributed by atoms with Crippen molar-refractivity contribution in [3.63, 3.8) is 0 Å². The fourth-order valence-electron chi connectivity index (χ4n) is 5.50. The number of fused-ring (bicyclic) bond motifs is 2. The Bertz CT molecular complexity index is 1650. The van der Waals surface area contributed by atoms with Crippen LogP contribution in [0.3, 0.4) is 0 Å². The normalized spacial score (nSPS) is 15.0. The Kier molecular flexibility index (Phi) is 5.93. The molecule has 0 radical (unpaired) electrons. The summed E-state index contributed by atoms with van der Waals surface area (Å²) in [4.78, 5) is 12.2. The Morgan fingerprint density at radius 1 is 1.03 bits per heavy atom. The van der Waals surface area contributed by atoms with Gasteiger partial charge in [-0.2, -0.15) is 10.4 Å². The first-order valence-electron chi connectivity index (χ1n) is 12.7. The Hall–Kier alpha value is -4.09. The van der Waals surface area contributed by atoms with Crippen molar-refractivity contribution in [1.29, 1.82) is 5.26 Å². The summed E-state index contributed by atoms with van der Waals surface area (Å²) in [5.41, 5.74) is 5.81. The largest absolute Gasteiger partial charge is 0.329 e. The van der Waals surface area contributed by atoms with Gasteiger partial charge < -0.3 is 9.47 Å². The predicted octanol–water partition coefficient (Wildman–Crippen LogP) is 5.39. The smallest absolute Gasteiger partial charge is 0.141 e. The lowest BCUT2D eigenvalue weighted by Gasteiger charge is -2.31. The molecular formula is C29H28FN7. The number of benzene rings is 2. The van der Waals surface area contributed by atoms with Gasteiger partial charge in [-0.15, -0.1) is 0 Å². The van der Waals surface area contributed by atoms with E-state index >= 15 is 0 Å². The highest BCUT2D eigenvalue weighted by Crippen LogP contribution is 2.38. The zero-order valence-electron chi connectivity index (χ0n) is 21.0. The third-order valence-corrected chi connectivity index (χ3v) is 7.67. The van der Waals surface area contributed by atoms with E-state index in [0.29, 0.717) is 11.5 Å². The van der Waals surface area contributed by atoms with Gasteiger partial charge in [0.05, 0.1) is 41.0 Å². The van der Waals surface area contributed by atoms with E-state index < -0.39 is 5.82 Å². The zero-order valence-corrected chi connectivity index (χ0v) is 21.0. The number of aryl methyl sites for hydroxylation is 1. The average Bonchev–Trinajstić information content (AvgIpc) is 3.51. The van der Waals surface area contributed by atoms with Gasteiger partial charge in [-0.3, -0.25) is 9.67 Å². The zero-order chi connectivity index (χ0) is 25.5. The molecule has 0 N–H and O–H groups in total. The minimum atomic E-state index is -0.548. The number of likely N-dealkylation sites (tertiary alicyclic amines) is 1. The van der Waals surface area contributed by atoms with Gasteiger partial charge in [0.15, 0.2) is 0 Å². The minimum absolute atomic E-state index is 0.0196. The number of nitriles is 1. The first-order chi connectivity index (χ1) is 18.1. The van der Waals surface area contributed by atoms with Gasteiger partial charge in [0.2, 0.25) is 0 Å². The van der Waals surface area contributed by atoms with Crippen molar-refractivity contribution in [2.24, 2.45) is 13.0 Å². The van der Waals surface area contributed by atoms with Crippen LogP contribution in [0, 0.1) is 23.1 Å². The van der Waals surface area contributed by atoms with Crippen LogP contribution < -0.4 is 0 Å². The molecule has 0 saturated carbocycles. The molecule has 5 aromatic rings. The van der Waals surface area contributed by atoms with Crippen molar-refractivity contribution in [2.75, 3.05) is 19.6 Å². The van der Waals surface area contributed by atoms with Crippen molar-refractivity contribution in [3.05, 3.63) is 66.5 Å². The number of nitrogens with zero attached hydrogens (tertiary/aromatic N) is 7. The molecule has 1 aliphatic rings. The van der Waals surface area contributed by atoms with E-state index in [9.17, 15) is 9.65 Å². The van der Waals surface area contributed by atoms with Crippen LogP contribution in [-0.2, 0) is 13.6 Å². The third-order valence-electron chi connectivity index (χ3n) is 7.67. The summed E-state index contributed by atoms with van der Waals surface area (Å²) >= 11 is 0. The van der Waals surface area contributed by atoms with E-state index in [1.807, 2.05) is 48.7 Å². The molecule has 1 fully saturated rings. The standard InChI is InChI=1S/C29H28FN7/c1-3-36-10-8-19(9-11-36)17-37-18-33-29-26(37)16-32-28(21-6-7-25-23(12-21)15-34-35(25)2)27(29)20-4-5-22(14-31)24(30)13-20/h4-7,12-13,15-16,18-19H,3,8-11,17H2,1-2H3. The summed E-state index contributed by atoms with van der Waals surface area (Å²) in [5, 5.41) is 14.6. The molecule has 6 rings (SSSR count). The van der Waals surface area contributed by atoms with E-state index in [1.54, 1.807) is 6.07 Å². The highest BCUT2D eigenvalue weighted by molar-refractivity contribution is 6.00. The van der Waals surface area contributed by atoms with Crippen molar-refractivity contribution in [3.8, 4) is 28.5 Å². The van der Waals surface area contributed by atoms with Crippen LogP contribution >= 0.6 is 0 Å². The number of rotatable bonds is 5. The van der Waals surface area contributed by atoms with Crippen LogP contribution in [0.1, 0.15) is 25.3 Å². The van der Waals surface area contributed by atoms with Crippen LogP contribution in [-0.4, -0.2) is 48.8 Å². The number of hydrogen-bond acceptors (Lipinski definition) is 5. The van der Waals surface area contributed by atoms with Gasteiger partial charge in [-0.1, -0.05) is 19.1 Å². The Morgan fingerprint density at radius 3 is 2.59 bits per heavy atom. The van der Waals surface area contributed by atoms with Crippen LogP contribution in [0.5, 0.6) is 0 Å². The van der Waals surface area contributed by atoms with Crippen LogP contribution in [0.15, 0.2) is 55.1 Å². The minimum Gasteiger partial charge on any atom is -0.329 e. The lowest BCUT2D eigenvalue weighted by atomic mass is 9.95. The van der Waals surface area contributed by atoms with Crippen LogP contribution in [0.25, 0.3) is 44.3 Å². The van der Waals surface area contributed by atoms with E-state index in [1.165, 1.54) is 12.1 Å². The summed E-state index contributed by atoms with van der Waals surface area (Å²) in [6.45, 7) is 6.46. The fourth-order valence-corrected chi connectivity index (χ4v) is 5.50. The maximum Gasteiger partial charge on any atom is 0.141 e. The SMILES string of the molecule is CCN1CCC(Cn2cnc3c(-c4ccc(C#N)c(F)c4)c(-c4ccc5c(cnn5C)c4)ncc32)CC1. The van der Waals surface area contributed by atoms with Gasteiger partial charge in [0.25, 0.3) is 0 Å². The molecule has 186 valence electrons. The second kappa shape index (κ2) is 9.41. The maximum atomic E-state index is 14.8. The Balaban J connectivity index is 1.48. The second-order valence-electron chi connectivity index (χ2n) is 9.84. The molecule has 7 nitrogen and oxygen atoms in total. The lowest BCUT2D eigenvalue weighted by Crippen LogP contribution is -2.34. The fraction of sp³-hybridized carbons (Fsp3) is 0.310.